The summed E-state index contributed by atoms with van der Waals surface area (Å²) >= 11 is 0. The smallest absolute Gasteiger partial charge is 0.144 e. The highest BCUT2D eigenvalue weighted by atomic mass is 16.5. The van der Waals surface area contributed by atoms with Gasteiger partial charge in [0.25, 0.3) is 0 Å². The molecule has 5 nitrogen and oxygen atoms in total. The predicted octanol–water partition coefficient (Wildman–Crippen LogP) is 0.460. The van der Waals surface area contributed by atoms with Crippen LogP contribution in [-0.4, -0.2) is 50.4 Å². The van der Waals surface area contributed by atoms with E-state index in [2.05, 4.69) is 4.90 Å². The molecule has 0 aliphatic carbocycles. The summed E-state index contributed by atoms with van der Waals surface area (Å²) in [7, 11) is 0. The third kappa shape index (κ3) is 2.43. The zero-order valence-corrected chi connectivity index (χ0v) is 10.4. The van der Waals surface area contributed by atoms with Crippen molar-refractivity contribution in [1.82, 2.24) is 4.90 Å². The number of morpholine rings is 1. The molecule has 1 fully saturated rings. The molecule has 1 atom stereocenters. The topological polar surface area (TPSA) is 51.0 Å². The van der Waals surface area contributed by atoms with E-state index in [9.17, 15) is 0 Å². The van der Waals surface area contributed by atoms with E-state index >= 15 is 0 Å². The van der Waals surface area contributed by atoms with Crippen molar-refractivity contribution in [1.29, 1.82) is 0 Å². The van der Waals surface area contributed by atoms with E-state index in [1.54, 1.807) is 5.01 Å². The van der Waals surface area contributed by atoms with Gasteiger partial charge >= 0.3 is 0 Å². The Hall–Kier alpha value is -1.30. The fraction of sp³-hybridized carbons (Fsp3) is 0.538. The van der Waals surface area contributed by atoms with Crippen LogP contribution in [0.15, 0.2) is 24.3 Å². The van der Waals surface area contributed by atoms with E-state index in [0.29, 0.717) is 0 Å². The maximum Gasteiger partial charge on any atom is 0.144 e. The number of hydrogen-bond donors (Lipinski definition) is 1. The maximum atomic E-state index is 6.05. The van der Waals surface area contributed by atoms with Gasteiger partial charge in [-0.25, -0.2) is 5.84 Å². The molecule has 0 bridgehead atoms. The first-order valence-electron chi connectivity index (χ1n) is 6.41. The summed E-state index contributed by atoms with van der Waals surface area (Å²) in [6, 6.07) is 7.91. The first-order valence-corrected chi connectivity index (χ1v) is 6.41. The van der Waals surface area contributed by atoms with E-state index in [-0.39, 0.29) is 6.10 Å². The molecule has 98 valence electrons. The van der Waals surface area contributed by atoms with Crippen LogP contribution in [0.2, 0.25) is 0 Å². The van der Waals surface area contributed by atoms with Crippen molar-refractivity contribution in [3.63, 3.8) is 0 Å². The van der Waals surface area contributed by atoms with Crippen molar-refractivity contribution in [2.75, 3.05) is 44.4 Å². The lowest BCUT2D eigenvalue weighted by molar-refractivity contribution is 0.0190. The second kappa shape index (κ2) is 5.14. The zero-order valence-electron chi connectivity index (χ0n) is 10.4. The van der Waals surface area contributed by atoms with Gasteiger partial charge in [0.15, 0.2) is 0 Å². The molecule has 0 saturated carbocycles. The van der Waals surface area contributed by atoms with Gasteiger partial charge in [0.1, 0.15) is 11.9 Å². The van der Waals surface area contributed by atoms with Crippen LogP contribution >= 0.6 is 0 Å². The van der Waals surface area contributed by atoms with E-state index in [1.165, 1.54) is 0 Å². The number of nitrogens with zero attached hydrogens (tertiary/aromatic N) is 2. The highest BCUT2D eigenvalue weighted by Gasteiger charge is 2.26. The molecule has 0 aromatic heterocycles. The van der Waals surface area contributed by atoms with E-state index in [0.717, 1.165) is 50.8 Å². The Bertz CT molecular complexity index is 407. The molecular formula is C13H19N3O2. The number of anilines is 1. The zero-order chi connectivity index (χ0) is 12.4. The van der Waals surface area contributed by atoms with Gasteiger partial charge in [0.2, 0.25) is 0 Å². The van der Waals surface area contributed by atoms with Gasteiger partial charge in [-0.15, -0.1) is 0 Å². The van der Waals surface area contributed by atoms with Crippen LogP contribution in [0.4, 0.5) is 5.69 Å². The number of benzene rings is 1. The Morgan fingerprint density at radius 2 is 2.00 bits per heavy atom. The van der Waals surface area contributed by atoms with E-state index in [1.807, 2.05) is 24.3 Å². The molecule has 5 heteroatoms. The van der Waals surface area contributed by atoms with Gasteiger partial charge in [-0.05, 0) is 12.1 Å². The normalized spacial score (nSPS) is 24.5. The summed E-state index contributed by atoms with van der Waals surface area (Å²) in [6.07, 6.45) is 0.128. The lowest BCUT2D eigenvalue weighted by Gasteiger charge is -2.36. The minimum Gasteiger partial charge on any atom is -0.485 e. The Balaban J connectivity index is 1.66. The Kier molecular flexibility index (Phi) is 3.36. The summed E-state index contributed by atoms with van der Waals surface area (Å²) in [5.41, 5.74) is 0.968. The fourth-order valence-electron chi connectivity index (χ4n) is 2.50. The van der Waals surface area contributed by atoms with Crippen LogP contribution in [0.3, 0.4) is 0 Å². The van der Waals surface area contributed by atoms with Crippen molar-refractivity contribution in [2.24, 2.45) is 5.84 Å². The maximum absolute atomic E-state index is 6.05. The van der Waals surface area contributed by atoms with Crippen LogP contribution in [-0.2, 0) is 4.74 Å². The molecule has 1 aromatic carbocycles. The number of para-hydroxylation sites is 2. The summed E-state index contributed by atoms with van der Waals surface area (Å²) in [5, 5.41) is 1.78. The first kappa shape index (κ1) is 11.8. The van der Waals surface area contributed by atoms with Crippen LogP contribution in [0.1, 0.15) is 0 Å². The third-order valence-corrected chi connectivity index (χ3v) is 3.43. The van der Waals surface area contributed by atoms with Gasteiger partial charge in [-0.2, -0.15) is 0 Å². The summed E-state index contributed by atoms with van der Waals surface area (Å²) in [5.74, 6) is 6.93. The average Bonchev–Trinajstić information content (AvgIpc) is 2.40. The number of nitrogens with two attached hydrogens (primary N) is 1. The molecule has 18 heavy (non-hydrogen) atoms. The second-order valence-electron chi connectivity index (χ2n) is 4.77. The van der Waals surface area contributed by atoms with Crippen molar-refractivity contribution >= 4 is 5.69 Å². The molecule has 0 radical (unpaired) electrons. The van der Waals surface area contributed by atoms with Crippen LogP contribution < -0.4 is 15.6 Å². The van der Waals surface area contributed by atoms with Crippen LogP contribution in [0, 0.1) is 0 Å². The molecular weight excluding hydrogens is 230 g/mol. The molecule has 2 heterocycles. The van der Waals surface area contributed by atoms with E-state index < -0.39 is 0 Å². The molecule has 2 aliphatic rings. The molecule has 2 N–H and O–H groups in total. The van der Waals surface area contributed by atoms with E-state index in [4.69, 9.17) is 15.3 Å². The Morgan fingerprint density at radius 1 is 1.22 bits per heavy atom. The molecule has 0 amide bonds. The summed E-state index contributed by atoms with van der Waals surface area (Å²) in [6.45, 7) is 5.23. The molecule has 3 rings (SSSR count). The van der Waals surface area contributed by atoms with Crippen LogP contribution in [0.25, 0.3) is 0 Å². The standard InChI is InChI=1S/C13H19N3O2/c14-16-10-11(9-15-5-7-17-8-6-15)18-13-4-2-1-3-12(13)16/h1-4,11H,5-10,14H2. The highest BCUT2D eigenvalue weighted by molar-refractivity contribution is 5.58. The van der Waals surface area contributed by atoms with Gasteiger partial charge < -0.3 is 14.5 Å². The molecule has 1 aromatic rings. The van der Waals surface area contributed by atoms with Gasteiger partial charge in [0, 0.05) is 19.6 Å². The van der Waals surface area contributed by atoms with Crippen LogP contribution in [0.5, 0.6) is 5.75 Å². The monoisotopic (exact) mass is 249 g/mol. The Labute approximate surface area is 107 Å². The fourth-order valence-corrected chi connectivity index (χ4v) is 2.50. The largest absolute Gasteiger partial charge is 0.485 e. The third-order valence-electron chi connectivity index (χ3n) is 3.43. The molecule has 1 saturated heterocycles. The number of fused-ring (bicyclic) bond motifs is 1. The second-order valence-corrected chi connectivity index (χ2v) is 4.77. The first-order chi connectivity index (χ1) is 8.83. The molecule has 2 aliphatic heterocycles. The molecule has 1 unspecified atom stereocenters. The SMILES string of the molecule is NN1CC(CN2CCOCC2)Oc2ccccc21. The highest BCUT2D eigenvalue weighted by Crippen LogP contribution is 2.31. The number of rotatable bonds is 2. The number of ether oxygens (including phenoxy) is 2. The van der Waals surface area contributed by atoms with Gasteiger partial charge in [-0.1, -0.05) is 12.1 Å². The number of hydrogen-bond acceptors (Lipinski definition) is 5. The van der Waals surface area contributed by atoms with Crippen molar-refractivity contribution in [2.45, 2.75) is 6.10 Å². The quantitative estimate of drug-likeness (QED) is 0.772. The lowest BCUT2D eigenvalue weighted by atomic mass is 10.2. The Morgan fingerprint density at radius 3 is 2.83 bits per heavy atom. The predicted molar refractivity (Wildman–Crippen MR) is 69.7 cm³/mol. The van der Waals surface area contributed by atoms with Crippen molar-refractivity contribution in [3.8, 4) is 5.75 Å². The minimum absolute atomic E-state index is 0.128. The van der Waals surface area contributed by atoms with Gasteiger partial charge in [-0.3, -0.25) is 4.90 Å². The molecule has 0 spiro atoms. The van der Waals surface area contributed by atoms with Gasteiger partial charge in [0.05, 0.1) is 25.4 Å². The number of hydrazine groups is 1. The van der Waals surface area contributed by atoms with Crippen molar-refractivity contribution in [3.05, 3.63) is 24.3 Å². The lowest BCUT2D eigenvalue weighted by Crippen LogP contribution is -2.50. The average molecular weight is 249 g/mol. The summed E-state index contributed by atoms with van der Waals surface area (Å²) < 4.78 is 11.3. The summed E-state index contributed by atoms with van der Waals surface area (Å²) in [4.78, 5) is 2.37. The minimum atomic E-state index is 0.128. The van der Waals surface area contributed by atoms with Crippen molar-refractivity contribution < 1.29 is 9.47 Å².